The van der Waals surface area contributed by atoms with Crippen LogP contribution in [0.4, 0.5) is 9.18 Å². The molecule has 1 saturated carbocycles. The fourth-order valence-electron chi connectivity index (χ4n) is 2.57. The molecule has 1 aromatic carbocycles. The molecule has 2 amide bonds. The van der Waals surface area contributed by atoms with Gasteiger partial charge in [-0.25, -0.2) is 9.18 Å². The highest BCUT2D eigenvalue weighted by Gasteiger charge is 2.22. The number of urea groups is 1. The van der Waals surface area contributed by atoms with Gasteiger partial charge in [0, 0.05) is 18.2 Å². The zero-order chi connectivity index (χ0) is 13.7. The van der Waals surface area contributed by atoms with E-state index in [2.05, 4.69) is 17.6 Å². The summed E-state index contributed by atoms with van der Waals surface area (Å²) in [7, 11) is 0. The van der Waals surface area contributed by atoms with Crippen molar-refractivity contribution in [1.82, 2.24) is 10.6 Å². The van der Waals surface area contributed by atoms with E-state index >= 15 is 0 Å². The van der Waals surface area contributed by atoms with Crippen LogP contribution >= 0.6 is 0 Å². The topological polar surface area (TPSA) is 41.1 Å². The van der Waals surface area contributed by atoms with Crippen LogP contribution in [-0.2, 0) is 6.54 Å². The van der Waals surface area contributed by atoms with Crippen molar-refractivity contribution >= 4 is 6.03 Å². The quantitative estimate of drug-likeness (QED) is 0.864. The van der Waals surface area contributed by atoms with Crippen molar-refractivity contribution in [3.63, 3.8) is 0 Å². The van der Waals surface area contributed by atoms with Crippen LogP contribution in [0.2, 0.25) is 0 Å². The highest BCUT2D eigenvalue weighted by atomic mass is 19.1. The normalized spacial score (nSPS) is 22.8. The number of amides is 2. The van der Waals surface area contributed by atoms with E-state index in [9.17, 15) is 9.18 Å². The molecule has 0 radical (unpaired) electrons. The maximum Gasteiger partial charge on any atom is 0.315 e. The van der Waals surface area contributed by atoms with Crippen LogP contribution in [0, 0.1) is 11.7 Å². The Hall–Kier alpha value is -1.58. The van der Waals surface area contributed by atoms with Gasteiger partial charge in [-0.1, -0.05) is 38.0 Å². The summed E-state index contributed by atoms with van der Waals surface area (Å²) < 4.78 is 13.4. The summed E-state index contributed by atoms with van der Waals surface area (Å²) >= 11 is 0. The molecule has 0 saturated heterocycles. The van der Waals surface area contributed by atoms with Crippen LogP contribution in [0.5, 0.6) is 0 Å². The Balaban J connectivity index is 1.80. The second kappa shape index (κ2) is 6.55. The third-order valence-corrected chi connectivity index (χ3v) is 3.83. The summed E-state index contributed by atoms with van der Waals surface area (Å²) in [5, 5.41) is 5.70. The number of hydrogen-bond acceptors (Lipinski definition) is 1. The standard InChI is InChI=1S/C15H21FN2O/c1-11-6-2-5-9-14(11)18-15(19)17-10-12-7-3-4-8-13(12)16/h3-4,7-8,11,14H,2,5-6,9-10H2,1H3,(H2,17,18,19)/t11-,14+/m1/s1. The summed E-state index contributed by atoms with van der Waals surface area (Å²) in [6.45, 7) is 2.39. The molecule has 0 spiro atoms. The molecule has 0 aromatic heterocycles. The summed E-state index contributed by atoms with van der Waals surface area (Å²) in [5.74, 6) is 0.238. The number of halogens is 1. The third kappa shape index (κ3) is 3.94. The molecule has 2 atom stereocenters. The van der Waals surface area contributed by atoms with Crippen LogP contribution in [0.15, 0.2) is 24.3 Å². The number of benzene rings is 1. The van der Waals surface area contributed by atoms with E-state index in [1.807, 2.05) is 0 Å². The monoisotopic (exact) mass is 264 g/mol. The number of hydrogen-bond donors (Lipinski definition) is 2. The Kier molecular flexibility index (Phi) is 4.77. The number of nitrogens with one attached hydrogen (secondary N) is 2. The Morgan fingerprint density at radius 1 is 1.32 bits per heavy atom. The summed E-state index contributed by atoms with van der Waals surface area (Å²) in [6.07, 6.45) is 4.62. The van der Waals surface area contributed by atoms with Crippen molar-refractivity contribution in [3.05, 3.63) is 35.6 Å². The van der Waals surface area contributed by atoms with Gasteiger partial charge in [-0.3, -0.25) is 0 Å². The van der Waals surface area contributed by atoms with E-state index in [1.165, 1.54) is 18.9 Å². The van der Waals surface area contributed by atoms with Crippen LogP contribution in [0.3, 0.4) is 0 Å². The van der Waals surface area contributed by atoms with E-state index in [-0.39, 0.29) is 24.4 Å². The predicted molar refractivity (Wildman–Crippen MR) is 73.2 cm³/mol. The predicted octanol–water partition coefficient (Wildman–Crippen LogP) is 3.20. The molecule has 3 nitrogen and oxygen atoms in total. The minimum Gasteiger partial charge on any atom is -0.335 e. The van der Waals surface area contributed by atoms with Crippen molar-refractivity contribution in [2.45, 2.75) is 45.2 Å². The lowest BCUT2D eigenvalue weighted by Gasteiger charge is -2.29. The van der Waals surface area contributed by atoms with Gasteiger partial charge in [0.25, 0.3) is 0 Å². The van der Waals surface area contributed by atoms with Crippen LogP contribution in [0.1, 0.15) is 38.2 Å². The lowest BCUT2D eigenvalue weighted by molar-refractivity contribution is 0.221. The Morgan fingerprint density at radius 2 is 2.05 bits per heavy atom. The summed E-state index contributed by atoms with van der Waals surface area (Å²) in [5.41, 5.74) is 0.509. The van der Waals surface area contributed by atoms with Crippen molar-refractivity contribution < 1.29 is 9.18 Å². The molecule has 0 bridgehead atoms. The SMILES string of the molecule is C[C@@H]1CCCC[C@@H]1NC(=O)NCc1ccccc1F. The minimum absolute atomic E-state index is 0.206. The number of carbonyl (C=O) groups is 1. The van der Waals surface area contributed by atoms with Gasteiger partial charge in [-0.15, -0.1) is 0 Å². The summed E-state index contributed by atoms with van der Waals surface area (Å²) in [4.78, 5) is 11.8. The van der Waals surface area contributed by atoms with Gasteiger partial charge in [-0.05, 0) is 24.8 Å². The van der Waals surface area contributed by atoms with Gasteiger partial charge in [-0.2, -0.15) is 0 Å². The van der Waals surface area contributed by atoms with E-state index < -0.39 is 0 Å². The van der Waals surface area contributed by atoms with Crippen LogP contribution < -0.4 is 10.6 Å². The maximum atomic E-state index is 13.4. The number of rotatable bonds is 3. The van der Waals surface area contributed by atoms with Crippen molar-refractivity contribution in [2.75, 3.05) is 0 Å². The minimum atomic E-state index is -0.283. The van der Waals surface area contributed by atoms with E-state index in [0.717, 1.165) is 12.8 Å². The first-order chi connectivity index (χ1) is 9.16. The lowest BCUT2D eigenvalue weighted by Crippen LogP contribution is -2.45. The van der Waals surface area contributed by atoms with Gasteiger partial charge < -0.3 is 10.6 Å². The van der Waals surface area contributed by atoms with Crippen molar-refractivity contribution in [2.24, 2.45) is 5.92 Å². The highest BCUT2D eigenvalue weighted by Crippen LogP contribution is 2.23. The molecule has 4 heteroatoms. The van der Waals surface area contributed by atoms with Crippen LogP contribution in [-0.4, -0.2) is 12.1 Å². The van der Waals surface area contributed by atoms with Gasteiger partial charge in [0.1, 0.15) is 5.82 Å². The van der Waals surface area contributed by atoms with E-state index in [1.54, 1.807) is 18.2 Å². The Labute approximate surface area is 113 Å². The summed E-state index contributed by atoms with van der Waals surface area (Å²) in [6, 6.07) is 6.53. The average Bonchev–Trinajstić information content (AvgIpc) is 2.40. The zero-order valence-electron chi connectivity index (χ0n) is 11.3. The zero-order valence-corrected chi connectivity index (χ0v) is 11.3. The molecule has 2 rings (SSSR count). The van der Waals surface area contributed by atoms with Crippen molar-refractivity contribution in [3.8, 4) is 0 Å². The van der Waals surface area contributed by atoms with Gasteiger partial charge in [0.2, 0.25) is 0 Å². The Bertz CT molecular complexity index is 436. The van der Waals surface area contributed by atoms with Gasteiger partial charge in [0.15, 0.2) is 0 Å². The average molecular weight is 264 g/mol. The lowest BCUT2D eigenvalue weighted by atomic mass is 9.86. The molecule has 1 aliphatic rings. The molecular weight excluding hydrogens is 243 g/mol. The van der Waals surface area contributed by atoms with Gasteiger partial charge in [0.05, 0.1) is 0 Å². The fourth-order valence-corrected chi connectivity index (χ4v) is 2.57. The second-order valence-electron chi connectivity index (χ2n) is 5.29. The van der Waals surface area contributed by atoms with Crippen LogP contribution in [0.25, 0.3) is 0 Å². The third-order valence-electron chi connectivity index (χ3n) is 3.83. The smallest absolute Gasteiger partial charge is 0.315 e. The molecule has 1 aliphatic carbocycles. The fraction of sp³-hybridized carbons (Fsp3) is 0.533. The van der Waals surface area contributed by atoms with E-state index in [4.69, 9.17) is 0 Å². The Morgan fingerprint density at radius 3 is 2.79 bits per heavy atom. The molecule has 104 valence electrons. The highest BCUT2D eigenvalue weighted by molar-refractivity contribution is 5.74. The molecule has 0 unspecified atom stereocenters. The largest absolute Gasteiger partial charge is 0.335 e. The molecule has 0 aliphatic heterocycles. The first kappa shape index (κ1) is 13.8. The molecule has 0 heterocycles. The van der Waals surface area contributed by atoms with Crippen molar-refractivity contribution in [1.29, 1.82) is 0 Å². The molecular formula is C15H21FN2O. The maximum absolute atomic E-state index is 13.4. The second-order valence-corrected chi connectivity index (χ2v) is 5.29. The number of carbonyl (C=O) groups excluding carboxylic acids is 1. The first-order valence-electron chi connectivity index (χ1n) is 6.94. The molecule has 19 heavy (non-hydrogen) atoms. The van der Waals surface area contributed by atoms with Gasteiger partial charge >= 0.3 is 6.03 Å². The molecule has 1 aromatic rings. The molecule has 2 N–H and O–H groups in total. The molecule has 1 fully saturated rings. The van der Waals surface area contributed by atoms with E-state index in [0.29, 0.717) is 11.5 Å². The first-order valence-corrected chi connectivity index (χ1v) is 6.94.